The van der Waals surface area contributed by atoms with E-state index < -0.39 is 5.97 Å². The molecule has 0 saturated heterocycles. The van der Waals surface area contributed by atoms with Crippen molar-refractivity contribution in [2.24, 2.45) is 0 Å². The van der Waals surface area contributed by atoms with Crippen molar-refractivity contribution in [3.8, 4) is 0 Å². The third-order valence-electron chi connectivity index (χ3n) is 3.35. The smallest absolute Gasteiger partial charge is 0.335 e. The number of benzene rings is 1. The van der Waals surface area contributed by atoms with Gasteiger partial charge in [0.25, 0.3) is 5.91 Å². The summed E-state index contributed by atoms with van der Waals surface area (Å²) in [5.41, 5.74) is 2.53. The van der Waals surface area contributed by atoms with Crippen LogP contribution < -0.4 is 5.32 Å². The van der Waals surface area contributed by atoms with E-state index >= 15 is 0 Å². The van der Waals surface area contributed by atoms with Crippen LogP contribution >= 0.6 is 0 Å². The number of H-pyrrole nitrogens is 1. The van der Waals surface area contributed by atoms with Gasteiger partial charge in [-0.05, 0) is 36.1 Å². The first kappa shape index (κ1) is 15.8. The summed E-state index contributed by atoms with van der Waals surface area (Å²) in [5, 5.41) is 18.5. The van der Waals surface area contributed by atoms with E-state index in [0.29, 0.717) is 24.6 Å². The molecular weight excluding hydrogens is 282 g/mol. The molecule has 2 rings (SSSR count). The van der Waals surface area contributed by atoms with Crippen LogP contribution in [0.4, 0.5) is 0 Å². The zero-order valence-electron chi connectivity index (χ0n) is 12.6. The Morgan fingerprint density at radius 3 is 2.50 bits per heavy atom. The number of rotatable bonds is 6. The Morgan fingerprint density at radius 1 is 1.27 bits per heavy atom. The molecule has 6 heteroatoms. The topological polar surface area (TPSA) is 95.1 Å². The molecule has 0 fully saturated rings. The lowest BCUT2D eigenvalue weighted by atomic mass is 10.1. The van der Waals surface area contributed by atoms with Gasteiger partial charge < -0.3 is 10.4 Å². The van der Waals surface area contributed by atoms with Crippen molar-refractivity contribution in [3.05, 3.63) is 52.8 Å². The third kappa shape index (κ3) is 3.94. The Hall–Kier alpha value is -2.63. The number of nitrogens with one attached hydrogen (secondary N) is 2. The van der Waals surface area contributed by atoms with Gasteiger partial charge in [-0.1, -0.05) is 26.0 Å². The van der Waals surface area contributed by atoms with Crippen LogP contribution in [0, 0.1) is 0 Å². The van der Waals surface area contributed by atoms with Crippen molar-refractivity contribution in [2.75, 3.05) is 6.54 Å². The molecule has 0 aliphatic heterocycles. The summed E-state index contributed by atoms with van der Waals surface area (Å²) >= 11 is 0. The number of carbonyl (C=O) groups excluding carboxylic acids is 1. The molecule has 2 aromatic rings. The van der Waals surface area contributed by atoms with E-state index in [1.165, 1.54) is 0 Å². The van der Waals surface area contributed by atoms with Gasteiger partial charge in [-0.2, -0.15) is 5.10 Å². The number of aromatic nitrogens is 2. The van der Waals surface area contributed by atoms with Crippen LogP contribution in [0.15, 0.2) is 30.3 Å². The highest BCUT2D eigenvalue weighted by Crippen LogP contribution is 2.11. The number of nitrogens with zero attached hydrogens (tertiary/aromatic N) is 1. The quantitative estimate of drug-likeness (QED) is 0.762. The van der Waals surface area contributed by atoms with Crippen LogP contribution in [0.2, 0.25) is 0 Å². The largest absolute Gasteiger partial charge is 0.478 e. The predicted molar refractivity (Wildman–Crippen MR) is 82.1 cm³/mol. The second-order valence-electron chi connectivity index (χ2n) is 5.37. The molecule has 0 bridgehead atoms. The van der Waals surface area contributed by atoms with Gasteiger partial charge in [0.1, 0.15) is 5.69 Å². The fraction of sp³-hybridized carbons (Fsp3) is 0.312. The molecule has 22 heavy (non-hydrogen) atoms. The van der Waals surface area contributed by atoms with E-state index in [-0.39, 0.29) is 11.5 Å². The summed E-state index contributed by atoms with van der Waals surface area (Å²) in [5.74, 6) is -0.869. The highest BCUT2D eigenvalue weighted by Gasteiger charge is 2.11. The number of carbonyl (C=O) groups is 2. The van der Waals surface area contributed by atoms with Crippen molar-refractivity contribution in [1.29, 1.82) is 0 Å². The molecule has 0 aliphatic carbocycles. The van der Waals surface area contributed by atoms with Crippen LogP contribution in [-0.4, -0.2) is 33.7 Å². The third-order valence-corrected chi connectivity index (χ3v) is 3.35. The molecule has 1 aromatic heterocycles. The molecule has 0 saturated carbocycles. The van der Waals surface area contributed by atoms with Crippen molar-refractivity contribution >= 4 is 11.9 Å². The zero-order chi connectivity index (χ0) is 16.1. The highest BCUT2D eigenvalue weighted by atomic mass is 16.4. The summed E-state index contributed by atoms with van der Waals surface area (Å²) in [6.45, 7) is 4.51. The van der Waals surface area contributed by atoms with Crippen molar-refractivity contribution in [1.82, 2.24) is 15.5 Å². The van der Waals surface area contributed by atoms with Crippen molar-refractivity contribution < 1.29 is 14.7 Å². The van der Waals surface area contributed by atoms with Gasteiger partial charge in [0.2, 0.25) is 0 Å². The number of carboxylic acids is 1. The summed E-state index contributed by atoms with van der Waals surface area (Å²) < 4.78 is 0. The van der Waals surface area contributed by atoms with Crippen LogP contribution in [0.25, 0.3) is 0 Å². The number of aromatic carboxylic acids is 1. The molecule has 0 aliphatic rings. The maximum atomic E-state index is 11.9. The molecule has 0 unspecified atom stereocenters. The standard InChI is InChI=1S/C16H19N3O3/c1-10(2)13-9-14(19-18-13)15(20)17-8-7-11-3-5-12(6-4-11)16(21)22/h3-6,9-10H,7-8H2,1-2H3,(H,17,20)(H,18,19)(H,21,22). The molecular formula is C16H19N3O3. The van der Waals surface area contributed by atoms with Crippen LogP contribution in [-0.2, 0) is 6.42 Å². The number of amides is 1. The minimum atomic E-state index is -0.945. The molecule has 116 valence electrons. The van der Waals surface area contributed by atoms with E-state index in [0.717, 1.165) is 11.3 Å². The molecule has 0 atom stereocenters. The molecule has 1 aromatic carbocycles. The minimum absolute atomic E-state index is 0.217. The van der Waals surface area contributed by atoms with E-state index in [2.05, 4.69) is 15.5 Å². The maximum absolute atomic E-state index is 11.9. The molecule has 1 heterocycles. The molecule has 6 nitrogen and oxygen atoms in total. The van der Waals surface area contributed by atoms with Gasteiger partial charge in [0.05, 0.1) is 5.56 Å². The summed E-state index contributed by atoms with van der Waals surface area (Å²) in [7, 11) is 0. The average molecular weight is 301 g/mol. The normalized spacial score (nSPS) is 10.7. The van der Waals surface area contributed by atoms with Gasteiger partial charge >= 0.3 is 5.97 Å². The monoisotopic (exact) mass is 301 g/mol. The number of aromatic amines is 1. The van der Waals surface area contributed by atoms with E-state index in [1.807, 2.05) is 13.8 Å². The fourth-order valence-corrected chi connectivity index (χ4v) is 1.97. The van der Waals surface area contributed by atoms with Crippen LogP contribution in [0.5, 0.6) is 0 Å². The van der Waals surface area contributed by atoms with Gasteiger partial charge in [0.15, 0.2) is 0 Å². The van der Waals surface area contributed by atoms with Crippen molar-refractivity contribution in [3.63, 3.8) is 0 Å². The second-order valence-corrected chi connectivity index (χ2v) is 5.37. The lowest BCUT2D eigenvalue weighted by Crippen LogP contribution is -2.26. The first-order chi connectivity index (χ1) is 10.5. The van der Waals surface area contributed by atoms with Crippen molar-refractivity contribution in [2.45, 2.75) is 26.2 Å². The highest BCUT2D eigenvalue weighted by molar-refractivity contribution is 5.92. The first-order valence-corrected chi connectivity index (χ1v) is 7.13. The Labute approximate surface area is 128 Å². The molecule has 0 radical (unpaired) electrons. The SMILES string of the molecule is CC(C)c1cc(C(=O)NCCc2ccc(C(=O)O)cc2)n[nH]1. The van der Waals surface area contributed by atoms with Gasteiger partial charge in [-0.25, -0.2) is 4.79 Å². The molecule has 3 N–H and O–H groups in total. The van der Waals surface area contributed by atoms with Crippen LogP contribution in [0.3, 0.4) is 0 Å². The Balaban J connectivity index is 1.84. The summed E-state index contributed by atoms with van der Waals surface area (Å²) in [6.07, 6.45) is 0.632. The summed E-state index contributed by atoms with van der Waals surface area (Å²) in [6, 6.07) is 8.37. The van der Waals surface area contributed by atoms with E-state index in [4.69, 9.17) is 5.11 Å². The lowest BCUT2D eigenvalue weighted by Gasteiger charge is -2.04. The summed E-state index contributed by atoms with van der Waals surface area (Å²) in [4.78, 5) is 22.7. The van der Waals surface area contributed by atoms with E-state index in [1.54, 1.807) is 30.3 Å². The second kappa shape index (κ2) is 6.89. The van der Waals surface area contributed by atoms with E-state index in [9.17, 15) is 9.59 Å². The molecule has 0 spiro atoms. The Kier molecular flexibility index (Phi) is 4.93. The number of carboxylic acid groups (broad SMARTS) is 1. The van der Waals surface area contributed by atoms with Gasteiger partial charge in [-0.15, -0.1) is 0 Å². The van der Waals surface area contributed by atoms with Crippen LogP contribution in [0.1, 0.15) is 51.9 Å². The fourth-order valence-electron chi connectivity index (χ4n) is 1.97. The van der Waals surface area contributed by atoms with Gasteiger partial charge in [-0.3, -0.25) is 9.89 Å². The van der Waals surface area contributed by atoms with Gasteiger partial charge in [0, 0.05) is 12.2 Å². The lowest BCUT2D eigenvalue weighted by molar-refractivity contribution is 0.0696. The Bertz CT molecular complexity index is 660. The molecule has 1 amide bonds. The number of hydrogen-bond acceptors (Lipinski definition) is 3. The zero-order valence-corrected chi connectivity index (χ0v) is 12.6. The predicted octanol–water partition coefficient (Wildman–Crippen LogP) is 2.20. The Morgan fingerprint density at radius 2 is 1.95 bits per heavy atom. The number of hydrogen-bond donors (Lipinski definition) is 3. The average Bonchev–Trinajstić information content (AvgIpc) is 2.98. The maximum Gasteiger partial charge on any atom is 0.335 e. The minimum Gasteiger partial charge on any atom is -0.478 e. The first-order valence-electron chi connectivity index (χ1n) is 7.13.